The van der Waals surface area contributed by atoms with Crippen LogP contribution < -0.4 is 4.74 Å². The molecule has 0 bridgehead atoms. The Hall–Kier alpha value is -2.41. The summed E-state index contributed by atoms with van der Waals surface area (Å²) in [6.45, 7) is -2.39. The van der Waals surface area contributed by atoms with Crippen LogP contribution in [0.25, 0.3) is 10.8 Å². The number of benzene rings is 4. The van der Waals surface area contributed by atoms with Crippen molar-refractivity contribution >= 4 is 72.0 Å². The van der Waals surface area contributed by atoms with E-state index in [1.54, 1.807) is 24.3 Å². The summed E-state index contributed by atoms with van der Waals surface area (Å²) in [5.41, 5.74) is 3.47. The first-order valence-corrected chi connectivity index (χ1v) is 17.4. The largest absolute Gasteiger partial charge is 0.424 e. The molecule has 6 nitrogen and oxygen atoms in total. The Morgan fingerprint density at radius 1 is 0.870 bits per heavy atom. The normalized spacial score (nSPS) is 15.2. The molecule has 4 aromatic carbocycles. The maximum atomic E-state index is 14.2. The second-order valence-corrected chi connectivity index (χ2v) is 14.6. The predicted octanol–water partition coefficient (Wildman–Crippen LogP) is 8.37. The Morgan fingerprint density at radius 2 is 1.41 bits per heavy atom. The van der Waals surface area contributed by atoms with Crippen molar-refractivity contribution in [2.75, 3.05) is 13.2 Å². The first kappa shape index (κ1) is 34.9. The van der Waals surface area contributed by atoms with E-state index in [1.807, 2.05) is 54.6 Å². The first-order valence-electron chi connectivity index (χ1n) is 13.8. The van der Waals surface area contributed by atoms with E-state index in [2.05, 4.69) is 45.2 Å². The van der Waals surface area contributed by atoms with Crippen LogP contribution in [0.3, 0.4) is 0 Å². The van der Waals surface area contributed by atoms with Gasteiger partial charge in [0.25, 0.3) is 0 Å². The van der Waals surface area contributed by atoms with Crippen molar-refractivity contribution in [1.29, 1.82) is 0 Å². The van der Waals surface area contributed by atoms with Crippen molar-refractivity contribution in [1.82, 2.24) is 0 Å². The Labute approximate surface area is 288 Å². The van der Waals surface area contributed by atoms with E-state index >= 15 is 0 Å². The standard InChI is InChI=1S/C32H25F5I2O6S/c33-31(34,35)27(32(36,37)46(41,42)43)17-44-14-13-24(28-20-9-3-1-7-18(20)15-19-8-2-4-10-21(19)28)30(40)45-29-23-12-6-5-11-22(23)25(38)16-26(29)39/h1-12,16,24,27-28H,13-15,17H2,(H,41,42,43). The highest BCUT2D eigenvalue weighted by atomic mass is 127. The topological polar surface area (TPSA) is 89.9 Å². The van der Waals surface area contributed by atoms with Crippen LogP contribution in [0.2, 0.25) is 0 Å². The highest BCUT2D eigenvalue weighted by Crippen LogP contribution is 2.45. The molecule has 0 spiro atoms. The molecule has 14 heteroatoms. The number of alkyl halides is 5. The van der Waals surface area contributed by atoms with Crippen LogP contribution in [0, 0.1) is 19.0 Å². The van der Waals surface area contributed by atoms with Crippen molar-refractivity contribution in [2.24, 2.45) is 11.8 Å². The molecule has 2 unspecified atom stereocenters. The average molecular weight is 886 g/mol. The van der Waals surface area contributed by atoms with Gasteiger partial charge >= 0.3 is 27.5 Å². The number of rotatable bonds is 10. The van der Waals surface area contributed by atoms with Gasteiger partial charge in [0.05, 0.1) is 16.1 Å². The first-order chi connectivity index (χ1) is 21.6. The molecule has 0 radical (unpaired) electrons. The molecule has 0 amide bonds. The van der Waals surface area contributed by atoms with Gasteiger partial charge in [-0.25, -0.2) is 0 Å². The molecule has 0 fully saturated rings. The second-order valence-electron chi connectivity index (χ2n) is 10.8. The lowest BCUT2D eigenvalue weighted by atomic mass is 9.71. The lowest BCUT2D eigenvalue weighted by Gasteiger charge is -2.33. The van der Waals surface area contributed by atoms with Gasteiger partial charge in [-0.1, -0.05) is 72.8 Å². The van der Waals surface area contributed by atoms with Gasteiger partial charge in [0, 0.05) is 21.5 Å². The van der Waals surface area contributed by atoms with Crippen LogP contribution in [-0.4, -0.2) is 43.6 Å². The van der Waals surface area contributed by atoms with Gasteiger partial charge in [0.2, 0.25) is 0 Å². The molecule has 46 heavy (non-hydrogen) atoms. The summed E-state index contributed by atoms with van der Waals surface area (Å²) in [6, 6.07) is 24.0. The minimum absolute atomic E-state index is 0.257. The van der Waals surface area contributed by atoms with Crippen molar-refractivity contribution in [3.8, 4) is 5.75 Å². The predicted molar refractivity (Wildman–Crippen MR) is 178 cm³/mol. The average Bonchev–Trinajstić information content (AvgIpc) is 2.98. The summed E-state index contributed by atoms with van der Waals surface area (Å²) >= 11 is 4.23. The minimum Gasteiger partial charge on any atom is -0.424 e. The molecule has 5 rings (SSSR count). The summed E-state index contributed by atoms with van der Waals surface area (Å²) in [4.78, 5) is 14.2. The van der Waals surface area contributed by atoms with Gasteiger partial charge in [0.15, 0.2) is 11.7 Å². The number of halogens is 7. The number of carbonyl (C=O) groups is 1. The summed E-state index contributed by atoms with van der Waals surface area (Å²) in [5, 5.41) is -4.03. The molecule has 1 N–H and O–H groups in total. The van der Waals surface area contributed by atoms with Crippen molar-refractivity contribution in [3.05, 3.63) is 108 Å². The van der Waals surface area contributed by atoms with Gasteiger partial charge in [-0.3, -0.25) is 9.35 Å². The van der Waals surface area contributed by atoms with Gasteiger partial charge < -0.3 is 9.47 Å². The van der Waals surface area contributed by atoms with Crippen LogP contribution in [0.4, 0.5) is 22.0 Å². The van der Waals surface area contributed by atoms with E-state index in [-0.39, 0.29) is 6.42 Å². The zero-order chi connectivity index (χ0) is 33.4. The molecule has 244 valence electrons. The van der Waals surface area contributed by atoms with E-state index in [0.717, 1.165) is 31.2 Å². The minimum atomic E-state index is -6.40. The summed E-state index contributed by atoms with van der Waals surface area (Å²) in [7, 11) is -6.40. The summed E-state index contributed by atoms with van der Waals surface area (Å²) in [5.74, 6) is -5.92. The number of hydrogen-bond acceptors (Lipinski definition) is 5. The molecule has 0 saturated heterocycles. The highest BCUT2D eigenvalue weighted by molar-refractivity contribution is 14.1. The van der Waals surface area contributed by atoms with Crippen LogP contribution in [0.1, 0.15) is 34.6 Å². The molecule has 2 atom stereocenters. The third-order valence-corrected chi connectivity index (χ3v) is 10.6. The number of esters is 1. The van der Waals surface area contributed by atoms with E-state index in [9.17, 15) is 35.2 Å². The number of fused-ring (bicyclic) bond motifs is 3. The van der Waals surface area contributed by atoms with Gasteiger partial charge in [0.1, 0.15) is 0 Å². The van der Waals surface area contributed by atoms with Crippen LogP contribution >= 0.6 is 45.2 Å². The van der Waals surface area contributed by atoms with Gasteiger partial charge in [-0.15, -0.1) is 0 Å². The fraction of sp³-hybridized carbons (Fsp3) is 0.281. The molecule has 4 aromatic rings. The van der Waals surface area contributed by atoms with Gasteiger partial charge in [-0.2, -0.15) is 30.4 Å². The zero-order valence-corrected chi connectivity index (χ0v) is 28.7. The molecule has 0 saturated carbocycles. The Kier molecular flexibility index (Phi) is 10.3. The molecule has 0 aromatic heterocycles. The maximum absolute atomic E-state index is 14.2. The number of ether oxygens (including phenoxy) is 2. The number of hydrogen-bond donors (Lipinski definition) is 1. The Morgan fingerprint density at radius 3 is 1.98 bits per heavy atom. The van der Waals surface area contributed by atoms with E-state index in [4.69, 9.17) is 14.0 Å². The van der Waals surface area contributed by atoms with Gasteiger partial charge in [-0.05, 0) is 91.7 Å². The number of carbonyl (C=O) groups excluding carboxylic acids is 1. The van der Waals surface area contributed by atoms with Crippen LogP contribution in [0.5, 0.6) is 5.75 Å². The summed E-state index contributed by atoms with van der Waals surface area (Å²) in [6.07, 6.45) is -5.40. The Bertz CT molecular complexity index is 1840. The maximum Gasteiger partial charge on any atom is 0.401 e. The molecule has 0 aliphatic heterocycles. The second kappa shape index (κ2) is 13.6. The SMILES string of the molecule is O=C(Oc1c(I)cc(I)c2ccccc12)C(CCOCC(C(F)(F)F)C(F)(F)S(=O)(=O)O)C1c2ccccc2Cc2ccccc21. The van der Waals surface area contributed by atoms with Crippen molar-refractivity contribution < 1.29 is 49.2 Å². The molecule has 0 heterocycles. The van der Waals surface area contributed by atoms with Crippen molar-refractivity contribution in [3.63, 3.8) is 0 Å². The quantitative estimate of drug-likeness (QED) is 0.0430. The van der Waals surface area contributed by atoms with Crippen molar-refractivity contribution in [2.45, 2.75) is 30.2 Å². The molecule has 1 aliphatic carbocycles. The van der Waals surface area contributed by atoms with Crippen LogP contribution in [-0.2, 0) is 26.1 Å². The molecular weight excluding hydrogens is 861 g/mol. The fourth-order valence-electron chi connectivity index (χ4n) is 5.75. The zero-order valence-electron chi connectivity index (χ0n) is 23.6. The Balaban J connectivity index is 1.51. The monoisotopic (exact) mass is 886 g/mol. The highest BCUT2D eigenvalue weighted by Gasteiger charge is 2.63. The molecular formula is C32H25F5I2O6S. The third kappa shape index (κ3) is 7.05. The summed E-state index contributed by atoms with van der Waals surface area (Å²) < 4.78 is 113. The third-order valence-electron chi connectivity index (χ3n) is 7.97. The smallest absolute Gasteiger partial charge is 0.401 e. The lowest BCUT2D eigenvalue weighted by Crippen LogP contribution is -2.47. The van der Waals surface area contributed by atoms with Crippen LogP contribution in [0.15, 0.2) is 78.9 Å². The fourth-order valence-corrected chi connectivity index (χ4v) is 8.40. The lowest BCUT2D eigenvalue weighted by molar-refractivity contribution is -0.232. The van der Waals surface area contributed by atoms with E-state index in [0.29, 0.717) is 21.1 Å². The molecule has 1 aliphatic rings. The van der Waals surface area contributed by atoms with E-state index in [1.165, 1.54) is 0 Å². The van der Waals surface area contributed by atoms with E-state index < -0.39 is 58.5 Å².